The van der Waals surface area contributed by atoms with E-state index < -0.39 is 41.3 Å². The van der Waals surface area contributed by atoms with E-state index >= 15 is 0 Å². The highest BCUT2D eigenvalue weighted by atomic mass is 35.5. The van der Waals surface area contributed by atoms with Crippen molar-refractivity contribution in [1.82, 2.24) is 10.6 Å². The number of aliphatic hydroxyl groups is 3. The lowest BCUT2D eigenvalue weighted by Gasteiger charge is -2.44. The summed E-state index contributed by atoms with van der Waals surface area (Å²) in [6.45, 7) is 4.71. The number of carbonyl (C=O) groups excluding carboxylic acids is 1. The largest absolute Gasteiger partial charge is 0.388 e. The van der Waals surface area contributed by atoms with Gasteiger partial charge in [-0.2, -0.15) is 0 Å². The molecule has 7 nitrogen and oxygen atoms in total. The summed E-state index contributed by atoms with van der Waals surface area (Å²) in [4.78, 5) is 12.8. The van der Waals surface area contributed by atoms with Crippen molar-refractivity contribution in [1.29, 1.82) is 0 Å². The van der Waals surface area contributed by atoms with E-state index in [0.717, 1.165) is 19.4 Å². The minimum Gasteiger partial charge on any atom is -0.388 e. The molecule has 0 radical (unpaired) electrons. The Morgan fingerprint density at radius 3 is 2.61 bits per heavy atom. The first-order valence-corrected chi connectivity index (χ1v) is 11.9. The van der Waals surface area contributed by atoms with Crippen molar-refractivity contribution in [2.24, 2.45) is 5.92 Å². The lowest BCUT2D eigenvalue weighted by molar-refractivity contribution is -0.205. The van der Waals surface area contributed by atoms with Crippen LogP contribution in [0.1, 0.15) is 46.0 Å². The Kier molecular flexibility index (Phi) is 9.80. The first-order chi connectivity index (χ1) is 13.3. The summed E-state index contributed by atoms with van der Waals surface area (Å²) in [5, 5.41) is 36.3. The second-order valence-corrected chi connectivity index (χ2v) is 9.57. The SMILES string of the molecule is CCCCCC1CNC(C(=O)N[C@@H]([C@H]2O[C@H](SC)[C@H](O)[C@@H](O)[C@H]2O)[C@H](C)Cl)C1. The molecule has 2 heterocycles. The normalized spacial score (nSPS) is 38.2. The first kappa shape index (κ1) is 24.2. The molecule has 0 aromatic heterocycles. The molecule has 2 aliphatic heterocycles. The number of rotatable bonds is 9. The van der Waals surface area contributed by atoms with Gasteiger partial charge in [0.05, 0.1) is 17.5 Å². The van der Waals surface area contributed by atoms with Crippen molar-refractivity contribution in [2.75, 3.05) is 12.8 Å². The average molecular weight is 439 g/mol. The third kappa shape index (κ3) is 5.97. The van der Waals surface area contributed by atoms with Crippen LogP contribution in [-0.4, -0.2) is 81.3 Å². The Labute approximate surface area is 176 Å². The zero-order valence-electron chi connectivity index (χ0n) is 16.9. The summed E-state index contributed by atoms with van der Waals surface area (Å²) >= 11 is 7.54. The van der Waals surface area contributed by atoms with Gasteiger partial charge in [0, 0.05) is 0 Å². The highest BCUT2D eigenvalue weighted by Gasteiger charge is 2.48. The second kappa shape index (κ2) is 11.3. The number of nitrogens with one attached hydrogen (secondary N) is 2. The molecular weight excluding hydrogens is 404 g/mol. The fourth-order valence-corrected chi connectivity index (χ4v) is 4.89. The van der Waals surface area contributed by atoms with Crippen LogP contribution in [0.2, 0.25) is 0 Å². The van der Waals surface area contributed by atoms with Crippen LogP contribution in [-0.2, 0) is 9.53 Å². The summed E-state index contributed by atoms with van der Waals surface area (Å²) in [5.74, 6) is 0.316. The van der Waals surface area contributed by atoms with Crippen molar-refractivity contribution < 1.29 is 24.9 Å². The zero-order chi connectivity index (χ0) is 20.8. The third-order valence-electron chi connectivity index (χ3n) is 5.75. The molecule has 1 amide bonds. The molecule has 9 atom stereocenters. The maximum Gasteiger partial charge on any atom is 0.237 e. The molecule has 2 unspecified atom stereocenters. The Morgan fingerprint density at radius 1 is 1.29 bits per heavy atom. The van der Waals surface area contributed by atoms with Gasteiger partial charge in [-0.05, 0) is 38.5 Å². The van der Waals surface area contributed by atoms with Crippen LogP contribution in [0.4, 0.5) is 0 Å². The Bertz CT molecular complexity index is 499. The number of ether oxygens (including phenoxy) is 1. The van der Waals surface area contributed by atoms with Crippen LogP contribution in [0, 0.1) is 5.92 Å². The Morgan fingerprint density at radius 2 is 2.00 bits per heavy atom. The van der Waals surface area contributed by atoms with Crippen LogP contribution in [0.3, 0.4) is 0 Å². The number of hydrogen-bond acceptors (Lipinski definition) is 7. The predicted octanol–water partition coefficient (Wildman–Crippen LogP) is 0.828. The molecule has 164 valence electrons. The lowest BCUT2D eigenvalue weighted by atomic mass is 9.92. The molecule has 0 aromatic rings. The number of hydrogen-bond donors (Lipinski definition) is 5. The Balaban J connectivity index is 1.98. The molecule has 0 spiro atoms. The summed E-state index contributed by atoms with van der Waals surface area (Å²) < 4.78 is 5.79. The van der Waals surface area contributed by atoms with Gasteiger partial charge in [-0.3, -0.25) is 4.79 Å². The van der Waals surface area contributed by atoms with E-state index in [1.54, 1.807) is 13.2 Å². The number of amides is 1. The van der Waals surface area contributed by atoms with Crippen molar-refractivity contribution in [2.45, 2.75) is 93.3 Å². The smallest absolute Gasteiger partial charge is 0.237 e. The standard InChI is InChI=1S/C19H35ClN2O5S/c1-4-5-6-7-11-8-12(21-9-11)18(26)22-13(10(2)20)17-15(24)14(23)16(25)19(27-17)28-3/h10-17,19,21,23-25H,4-9H2,1-3H3,(H,22,26)/t10-,11?,12?,13+,14-,15+,16+,17+,19+/m0/s1. The maximum atomic E-state index is 12.8. The molecule has 2 saturated heterocycles. The highest BCUT2D eigenvalue weighted by molar-refractivity contribution is 7.99. The van der Waals surface area contributed by atoms with Gasteiger partial charge in [0.1, 0.15) is 29.9 Å². The van der Waals surface area contributed by atoms with Gasteiger partial charge in [0.15, 0.2) is 0 Å². The molecule has 0 bridgehead atoms. The van der Waals surface area contributed by atoms with Gasteiger partial charge in [-0.1, -0.05) is 26.2 Å². The maximum absolute atomic E-state index is 12.8. The van der Waals surface area contributed by atoms with Gasteiger partial charge in [-0.25, -0.2) is 0 Å². The number of aliphatic hydroxyl groups excluding tert-OH is 3. The molecular formula is C19H35ClN2O5S. The van der Waals surface area contributed by atoms with E-state index in [4.69, 9.17) is 16.3 Å². The molecule has 5 N–H and O–H groups in total. The fourth-order valence-electron chi connectivity index (χ4n) is 4.00. The first-order valence-electron chi connectivity index (χ1n) is 10.2. The number of unbranched alkanes of at least 4 members (excludes halogenated alkanes) is 2. The zero-order valence-corrected chi connectivity index (χ0v) is 18.5. The quantitative estimate of drug-likeness (QED) is 0.268. The summed E-state index contributed by atoms with van der Waals surface area (Å²) in [6.07, 6.45) is 2.39. The number of carbonyl (C=O) groups is 1. The van der Waals surface area contributed by atoms with E-state index in [1.807, 2.05) is 0 Å². The summed E-state index contributed by atoms with van der Waals surface area (Å²) in [7, 11) is 0. The van der Waals surface area contributed by atoms with Crippen molar-refractivity contribution in [3.63, 3.8) is 0 Å². The van der Waals surface area contributed by atoms with E-state index in [-0.39, 0.29) is 11.9 Å². The van der Waals surface area contributed by atoms with Crippen LogP contribution in [0.25, 0.3) is 0 Å². The van der Waals surface area contributed by atoms with Crippen LogP contribution >= 0.6 is 23.4 Å². The van der Waals surface area contributed by atoms with Crippen molar-refractivity contribution >= 4 is 29.3 Å². The highest BCUT2D eigenvalue weighted by Crippen LogP contribution is 2.30. The summed E-state index contributed by atoms with van der Waals surface area (Å²) in [6, 6.07) is -0.987. The average Bonchev–Trinajstić information content (AvgIpc) is 3.14. The van der Waals surface area contributed by atoms with Gasteiger partial charge < -0.3 is 30.7 Å². The van der Waals surface area contributed by atoms with E-state index in [0.29, 0.717) is 5.92 Å². The van der Waals surface area contributed by atoms with Crippen LogP contribution in [0.15, 0.2) is 0 Å². The van der Waals surface area contributed by atoms with E-state index in [1.165, 1.54) is 31.0 Å². The second-order valence-electron chi connectivity index (χ2n) is 7.95. The predicted molar refractivity (Wildman–Crippen MR) is 111 cm³/mol. The minimum atomic E-state index is -1.36. The fraction of sp³-hybridized carbons (Fsp3) is 0.947. The van der Waals surface area contributed by atoms with Crippen LogP contribution < -0.4 is 10.6 Å². The number of thioether (sulfide) groups is 1. The van der Waals surface area contributed by atoms with E-state index in [9.17, 15) is 20.1 Å². The van der Waals surface area contributed by atoms with Crippen LogP contribution in [0.5, 0.6) is 0 Å². The summed E-state index contributed by atoms with van der Waals surface area (Å²) in [5.41, 5.74) is -0.703. The van der Waals surface area contributed by atoms with Crippen molar-refractivity contribution in [3.05, 3.63) is 0 Å². The molecule has 0 aliphatic carbocycles. The molecule has 0 aromatic carbocycles. The topological polar surface area (TPSA) is 111 Å². The monoisotopic (exact) mass is 438 g/mol. The van der Waals surface area contributed by atoms with E-state index in [2.05, 4.69) is 17.6 Å². The van der Waals surface area contributed by atoms with Gasteiger partial charge in [0.2, 0.25) is 5.91 Å². The molecule has 9 heteroatoms. The van der Waals surface area contributed by atoms with Crippen molar-refractivity contribution in [3.8, 4) is 0 Å². The molecule has 28 heavy (non-hydrogen) atoms. The number of halogens is 1. The molecule has 2 aliphatic rings. The molecule has 2 fully saturated rings. The molecule has 0 saturated carbocycles. The third-order valence-corrected chi connectivity index (χ3v) is 6.88. The lowest BCUT2D eigenvalue weighted by Crippen LogP contribution is -2.65. The van der Waals surface area contributed by atoms with Gasteiger partial charge in [0.25, 0.3) is 0 Å². The Hall–Kier alpha value is -0.0900. The van der Waals surface area contributed by atoms with Gasteiger partial charge >= 0.3 is 0 Å². The molecule has 2 rings (SSSR count). The minimum absolute atomic E-state index is 0.174. The van der Waals surface area contributed by atoms with Gasteiger partial charge in [-0.15, -0.1) is 23.4 Å². The number of alkyl halides is 1.